The molecule has 3 aromatic carbocycles. The highest BCUT2D eigenvalue weighted by Gasteiger charge is 2.32. The van der Waals surface area contributed by atoms with E-state index in [0.29, 0.717) is 4.31 Å². The highest BCUT2D eigenvalue weighted by atomic mass is 32.2. The van der Waals surface area contributed by atoms with Crippen LogP contribution in [0.5, 0.6) is 0 Å². The number of nitro benzene ring substituents is 1. The number of non-ortho nitro benzene ring substituents is 1. The smallest absolute Gasteiger partial charge is 0.307 e. The molecule has 0 radical (unpaired) electrons. The van der Waals surface area contributed by atoms with Crippen LogP contribution in [-0.2, 0) is 10.0 Å². The van der Waals surface area contributed by atoms with Gasteiger partial charge in [0.15, 0.2) is 0 Å². The standard InChI is InChI=1S/C22H20N4O6S/c1-15-6-10-18(11-7-15)25(33(31,32)20-12-8-16(2)9-13-20)22(28)24-21(27)23-17-4-3-5-19(14-17)26(29)30/h3-14H,1-2H3,(H2,23,24,27,28). The number of nitro groups is 1. The van der Waals surface area contributed by atoms with Crippen LogP contribution in [-0.4, -0.2) is 25.4 Å². The third-order valence-electron chi connectivity index (χ3n) is 4.55. The fourth-order valence-corrected chi connectivity index (χ4v) is 4.22. The number of sulfonamides is 1. The first-order valence-corrected chi connectivity index (χ1v) is 11.1. The van der Waals surface area contributed by atoms with E-state index >= 15 is 0 Å². The molecule has 0 aromatic heterocycles. The summed E-state index contributed by atoms with van der Waals surface area (Å²) in [5.74, 6) is 0. The molecule has 0 unspecified atom stereocenters. The van der Waals surface area contributed by atoms with Gasteiger partial charge in [-0.25, -0.2) is 18.0 Å². The Hall–Kier alpha value is -4.25. The molecule has 3 rings (SSSR count). The van der Waals surface area contributed by atoms with Gasteiger partial charge in [0.1, 0.15) is 0 Å². The number of nitrogens with one attached hydrogen (secondary N) is 2. The Morgan fingerprint density at radius 2 is 1.48 bits per heavy atom. The van der Waals surface area contributed by atoms with Gasteiger partial charge in [0.25, 0.3) is 15.7 Å². The molecule has 0 saturated heterocycles. The first-order chi connectivity index (χ1) is 15.6. The summed E-state index contributed by atoms with van der Waals surface area (Å²) in [4.78, 5) is 35.5. The Morgan fingerprint density at radius 3 is 2.06 bits per heavy atom. The zero-order chi connectivity index (χ0) is 24.2. The first kappa shape index (κ1) is 23.4. The van der Waals surface area contributed by atoms with Crippen LogP contribution in [0.25, 0.3) is 0 Å². The molecule has 0 aliphatic carbocycles. The molecule has 0 bridgehead atoms. The molecule has 0 aliphatic heterocycles. The quantitative estimate of drug-likeness (QED) is 0.422. The summed E-state index contributed by atoms with van der Waals surface area (Å²) >= 11 is 0. The minimum atomic E-state index is -4.37. The topological polar surface area (TPSA) is 139 Å². The molecule has 0 saturated carbocycles. The van der Waals surface area contributed by atoms with E-state index in [1.54, 1.807) is 38.1 Å². The number of hydrogen-bond donors (Lipinski definition) is 2. The Morgan fingerprint density at radius 1 is 0.909 bits per heavy atom. The number of nitrogens with zero attached hydrogens (tertiary/aromatic N) is 2. The highest BCUT2D eigenvalue weighted by Crippen LogP contribution is 2.25. The molecule has 0 heterocycles. The predicted molar refractivity (Wildman–Crippen MR) is 123 cm³/mol. The Balaban J connectivity index is 1.90. The maximum Gasteiger partial charge on any atom is 0.344 e. The molecule has 0 atom stereocenters. The van der Waals surface area contributed by atoms with Crippen LogP contribution in [0.15, 0.2) is 77.7 Å². The van der Waals surface area contributed by atoms with Crippen LogP contribution >= 0.6 is 0 Å². The second-order valence-electron chi connectivity index (χ2n) is 7.11. The number of amides is 4. The van der Waals surface area contributed by atoms with Crippen molar-refractivity contribution in [2.45, 2.75) is 18.7 Å². The Kier molecular flexibility index (Phi) is 6.73. The van der Waals surface area contributed by atoms with Gasteiger partial charge in [-0.15, -0.1) is 0 Å². The van der Waals surface area contributed by atoms with Crippen molar-refractivity contribution in [1.82, 2.24) is 5.32 Å². The van der Waals surface area contributed by atoms with E-state index in [1.165, 1.54) is 42.5 Å². The lowest BCUT2D eigenvalue weighted by atomic mass is 10.2. The molecule has 3 aromatic rings. The lowest BCUT2D eigenvalue weighted by molar-refractivity contribution is -0.384. The number of imide groups is 1. The van der Waals surface area contributed by atoms with Gasteiger partial charge < -0.3 is 5.32 Å². The molecule has 0 fully saturated rings. The molecule has 11 heteroatoms. The van der Waals surface area contributed by atoms with Gasteiger partial charge >= 0.3 is 12.1 Å². The number of aryl methyl sites for hydroxylation is 2. The summed E-state index contributed by atoms with van der Waals surface area (Å²) in [7, 11) is -4.37. The summed E-state index contributed by atoms with van der Waals surface area (Å²) in [6, 6.07) is 14.9. The van der Waals surface area contributed by atoms with Crippen LogP contribution < -0.4 is 14.9 Å². The van der Waals surface area contributed by atoms with Gasteiger partial charge in [0.05, 0.1) is 15.5 Å². The van der Waals surface area contributed by atoms with Crippen molar-refractivity contribution in [1.29, 1.82) is 0 Å². The van der Waals surface area contributed by atoms with Crippen molar-refractivity contribution in [3.63, 3.8) is 0 Å². The van der Waals surface area contributed by atoms with Gasteiger partial charge in [-0.3, -0.25) is 15.4 Å². The third kappa shape index (κ3) is 5.52. The number of urea groups is 2. The van der Waals surface area contributed by atoms with Crippen molar-refractivity contribution in [2.75, 3.05) is 9.62 Å². The van der Waals surface area contributed by atoms with Crippen molar-refractivity contribution in [3.05, 3.63) is 94.0 Å². The van der Waals surface area contributed by atoms with Crippen LogP contribution in [0.1, 0.15) is 11.1 Å². The maximum atomic E-state index is 13.3. The maximum absolute atomic E-state index is 13.3. The van der Waals surface area contributed by atoms with Crippen LogP contribution in [0.3, 0.4) is 0 Å². The molecular weight excluding hydrogens is 448 g/mol. The van der Waals surface area contributed by atoms with Gasteiger partial charge in [0.2, 0.25) is 0 Å². The number of carbonyl (C=O) groups excluding carboxylic acids is 2. The fraction of sp³-hybridized carbons (Fsp3) is 0.0909. The molecule has 170 valence electrons. The molecule has 33 heavy (non-hydrogen) atoms. The zero-order valence-corrected chi connectivity index (χ0v) is 18.5. The highest BCUT2D eigenvalue weighted by molar-refractivity contribution is 7.93. The SMILES string of the molecule is Cc1ccc(N(C(=O)NC(=O)Nc2cccc([N+](=O)[O-])c2)S(=O)(=O)c2ccc(C)cc2)cc1. The fourth-order valence-electron chi connectivity index (χ4n) is 2.87. The van der Waals surface area contributed by atoms with Gasteiger partial charge in [-0.2, -0.15) is 4.31 Å². The second kappa shape index (κ2) is 9.49. The van der Waals surface area contributed by atoms with E-state index in [2.05, 4.69) is 5.32 Å². The van der Waals surface area contributed by atoms with Crippen molar-refractivity contribution >= 4 is 39.1 Å². The first-order valence-electron chi connectivity index (χ1n) is 9.63. The zero-order valence-electron chi connectivity index (χ0n) is 17.7. The second-order valence-corrected chi connectivity index (χ2v) is 8.90. The largest absolute Gasteiger partial charge is 0.344 e. The lowest BCUT2D eigenvalue weighted by Gasteiger charge is -2.23. The average Bonchev–Trinajstić information content (AvgIpc) is 2.75. The normalized spacial score (nSPS) is 10.8. The van der Waals surface area contributed by atoms with Gasteiger partial charge in [-0.05, 0) is 44.2 Å². The van der Waals surface area contributed by atoms with Crippen molar-refractivity contribution in [2.24, 2.45) is 0 Å². The molecule has 0 spiro atoms. The summed E-state index contributed by atoms with van der Waals surface area (Å²) in [6.45, 7) is 3.59. The van der Waals surface area contributed by atoms with Gasteiger partial charge in [-0.1, -0.05) is 41.5 Å². The number of carbonyl (C=O) groups is 2. The molecular formula is C22H20N4O6S. The third-order valence-corrected chi connectivity index (χ3v) is 6.27. The van der Waals surface area contributed by atoms with Crippen molar-refractivity contribution in [3.8, 4) is 0 Å². The number of rotatable bonds is 5. The monoisotopic (exact) mass is 468 g/mol. The van der Waals surface area contributed by atoms with E-state index < -0.39 is 27.0 Å². The van der Waals surface area contributed by atoms with Crippen LogP contribution in [0.2, 0.25) is 0 Å². The summed E-state index contributed by atoms with van der Waals surface area (Å²) < 4.78 is 27.1. The van der Waals surface area contributed by atoms with E-state index in [4.69, 9.17) is 0 Å². The van der Waals surface area contributed by atoms with E-state index in [9.17, 15) is 28.1 Å². The number of benzene rings is 3. The Bertz CT molecular complexity index is 1310. The number of anilines is 2. The lowest BCUT2D eigenvalue weighted by Crippen LogP contribution is -2.47. The van der Waals surface area contributed by atoms with Crippen LogP contribution in [0.4, 0.5) is 26.7 Å². The molecule has 4 amide bonds. The van der Waals surface area contributed by atoms with Crippen LogP contribution in [0, 0.1) is 24.0 Å². The summed E-state index contributed by atoms with van der Waals surface area (Å²) in [5.41, 5.74) is 1.49. The van der Waals surface area contributed by atoms with Gasteiger partial charge in [0, 0.05) is 17.8 Å². The Labute approximate surface area is 190 Å². The average molecular weight is 468 g/mol. The predicted octanol–water partition coefficient (Wildman–Crippen LogP) is 4.35. The number of hydrogen-bond acceptors (Lipinski definition) is 6. The van der Waals surface area contributed by atoms with E-state index in [1.807, 2.05) is 5.32 Å². The molecule has 0 aliphatic rings. The minimum Gasteiger partial charge on any atom is -0.307 e. The molecule has 2 N–H and O–H groups in total. The summed E-state index contributed by atoms with van der Waals surface area (Å²) in [5, 5.41) is 15.2. The van der Waals surface area contributed by atoms with E-state index in [-0.39, 0.29) is 22.0 Å². The van der Waals surface area contributed by atoms with Crippen molar-refractivity contribution < 1.29 is 22.9 Å². The molecule has 10 nitrogen and oxygen atoms in total. The van der Waals surface area contributed by atoms with E-state index in [0.717, 1.165) is 17.2 Å². The minimum absolute atomic E-state index is 0.0295. The summed E-state index contributed by atoms with van der Waals surface area (Å²) in [6.07, 6.45) is 0.